The van der Waals surface area contributed by atoms with Gasteiger partial charge in [-0.1, -0.05) is 6.92 Å². The molecular weight excluding hydrogens is 296 g/mol. The molecule has 1 spiro atoms. The summed E-state index contributed by atoms with van der Waals surface area (Å²) in [6.07, 6.45) is 16.3. The molecule has 6 fully saturated rings. The van der Waals surface area contributed by atoms with Gasteiger partial charge in [0.05, 0.1) is 18.3 Å². The summed E-state index contributed by atoms with van der Waals surface area (Å²) in [5.41, 5.74) is 1.13. The van der Waals surface area contributed by atoms with Crippen molar-refractivity contribution < 1.29 is 9.84 Å². The van der Waals surface area contributed by atoms with E-state index in [4.69, 9.17) is 4.74 Å². The van der Waals surface area contributed by atoms with Crippen LogP contribution in [0.15, 0.2) is 0 Å². The third-order valence-corrected chi connectivity index (χ3v) is 10.3. The van der Waals surface area contributed by atoms with Crippen molar-refractivity contribution in [2.75, 3.05) is 0 Å². The number of ether oxygens (including phenoxy) is 1. The van der Waals surface area contributed by atoms with Crippen molar-refractivity contribution in [3.8, 4) is 0 Å². The van der Waals surface area contributed by atoms with Crippen molar-refractivity contribution in [1.29, 1.82) is 0 Å². The van der Waals surface area contributed by atoms with Gasteiger partial charge < -0.3 is 9.84 Å². The molecule has 2 nitrogen and oxygen atoms in total. The number of hydrogen-bond donors (Lipinski definition) is 1. The fourth-order valence-corrected chi connectivity index (χ4v) is 9.27. The van der Waals surface area contributed by atoms with Crippen LogP contribution in [0, 0.1) is 40.4 Å². The van der Waals surface area contributed by atoms with Crippen molar-refractivity contribution in [3.05, 3.63) is 0 Å². The van der Waals surface area contributed by atoms with E-state index < -0.39 is 0 Å². The van der Waals surface area contributed by atoms with Crippen molar-refractivity contribution in [2.45, 2.75) is 95.9 Å². The molecule has 1 heterocycles. The van der Waals surface area contributed by atoms with Gasteiger partial charge >= 0.3 is 0 Å². The number of fused-ring (bicyclic) bond motifs is 5. The first-order valence-electron chi connectivity index (χ1n) is 11.0. The molecule has 0 amide bonds. The minimum absolute atomic E-state index is 0.00983. The summed E-state index contributed by atoms with van der Waals surface area (Å²) in [7, 11) is 0. The van der Waals surface area contributed by atoms with Gasteiger partial charge in [0.15, 0.2) is 0 Å². The van der Waals surface area contributed by atoms with Crippen LogP contribution < -0.4 is 0 Å². The van der Waals surface area contributed by atoms with Gasteiger partial charge in [0.2, 0.25) is 0 Å². The summed E-state index contributed by atoms with van der Waals surface area (Å²) < 4.78 is 6.24. The van der Waals surface area contributed by atoms with Gasteiger partial charge in [0.1, 0.15) is 0 Å². The fraction of sp³-hybridized carbons (Fsp3) is 1.00. The van der Waals surface area contributed by atoms with E-state index in [1.54, 1.807) is 0 Å². The lowest BCUT2D eigenvalue weighted by Crippen LogP contribution is -2.56. The monoisotopic (exact) mass is 330 g/mol. The average molecular weight is 331 g/mol. The number of aliphatic hydroxyl groups is 1. The summed E-state index contributed by atoms with van der Waals surface area (Å²) >= 11 is 0. The van der Waals surface area contributed by atoms with Crippen LogP contribution in [0.2, 0.25) is 0 Å². The second-order valence-corrected chi connectivity index (χ2v) is 10.7. The molecule has 10 atom stereocenters. The van der Waals surface area contributed by atoms with Gasteiger partial charge in [0.25, 0.3) is 0 Å². The Labute approximate surface area is 146 Å². The Bertz CT molecular complexity index is 546. The third-order valence-electron chi connectivity index (χ3n) is 10.3. The first-order valence-corrected chi connectivity index (χ1v) is 11.0. The molecule has 1 saturated heterocycles. The molecule has 6 rings (SSSR count). The topological polar surface area (TPSA) is 32.8 Å². The number of epoxide rings is 1. The highest BCUT2D eigenvalue weighted by Gasteiger charge is 2.70. The average Bonchev–Trinajstić information content (AvgIpc) is 3.28. The Morgan fingerprint density at radius 3 is 2.58 bits per heavy atom. The van der Waals surface area contributed by atoms with Crippen LogP contribution in [-0.4, -0.2) is 23.4 Å². The zero-order valence-corrected chi connectivity index (χ0v) is 15.3. The molecule has 0 bridgehead atoms. The van der Waals surface area contributed by atoms with Crippen LogP contribution >= 0.6 is 0 Å². The summed E-state index contributed by atoms with van der Waals surface area (Å²) in [6, 6.07) is 0. The van der Waals surface area contributed by atoms with Crippen LogP contribution in [-0.2, 0) is 4.74 Å². The lowest BCUT2D eigenvalue weighted by Gasteiger charge is -2.61. The van der Waals surface area contributed by atoms with E-state index in [9.17, 15) is 5.11 Å². The van der Waals surface area contributed by atoms with Crippen LogP contribution in [0.3, 0.4) is 0 Å². The summed E-state index contributed by atoms with van der Waals surface area (Å²) in [5.74, 6) is 4.68. The summed E-state index contributed by atoms with van der Waals surface area (Å²) in [4.78, 5) is 0. The summed E-state index contributed by atoms with van der Waals surface area (Å²) in [6.45, 7) is 2.61. The van der Waals surface area contributed by atoms with Crippen LogP contribution in [0.25, 0.3) is 0 Å². The molecule has 0 aromatic rings. The predicted molar refractivity (Wildman–Crippen MR) is 93.4 cm³/mol. The van der Waals surface area contributed by atoms with E-state index in [1.807, 2.05) is 0 Å². The Kier molecular flexibility index (Phi) is 3.00. The Morgan fingerprint density at radius 1 is 0.833 bits per heavy atom. The maximum Gasteiger partial charge on any atom is 0.0903 e. The Hall–Kier alpha value is -0.0800. The summed E-state index contributed by atoms with van der Waals surface area (Å²) in [5, 5.41) is 10.2. The van der Waals surface area contributed by atoms with Gasteiger partial charge in [-0.25, -0.2) is 0 Å². The number of aliphatic hydroxyl groups excluding tert-OH is 1. The standard InChI is InChI=1S/C22H34O2/c1-21-10-8-15(23)12-14(21)2-5-16-17(21)9-11-22-13(3-6-18(16)22)4-7-19-20(22)24-19/h13-20,23H,2-12H2,1H3/t13-,14+,15-,16-,17+,18+,19-,20?,21+,22?/m1/s1. The highest BCUT2D eigenvalue weighted by molar-refractivity contribution is 5.18. The van der Waals surface area contributed by atoms with Crippen molar-refractivity contribution in [1.82, 2.24) is 0 Å². The highest BCUT2D eigenvalue weighted by atomic mass is 16.6. The maximum absolute atomic E-state index is 10.2. The zero-order valence-electron chi connectivity index (χ0n) is 15.3. The first kappa shape index (κ1) is 15.0. The molecule has 134 valence electrons. The quantitative estimate of drug-likeness (QED) is 0.661. The van der Waals surface area contributed by atoms with E-state index in [0.29, 0.717) is 23.0 Å². The van der Waals surface area contributed by atoms with Crippen molar-refractivity contribution in [2.24, 2.45) is 40.4 Å². The first-order chi connectivity index (χ1) is 11.6. The minimum atomic E-state index is -0.00983. The number of rotatable bonds is 0. The van der Waals surface area contributed by atoms with E-state index in [-0.39, 0.29) is 6.10 Å². The van der Waals surface area contributed by atoms with E-state index in [0.717, 1.165) is 42.4 Å². The van der Waals surface area contributed by atoms with Crippen LogP contribution in [0.4, 0.5) is 0 Å². The zero-order chi connectivity index (χ0) is 16.1. The molecule has 2 unspecified atom stereocenters. The van der Waals surface area contributed by atoms with E-state index >= 15 is 0 Å². The molecule has 0 aromatic heterocycles. The van der Waals surface area contributed by atoms with Gasteiger partial charge in [-0.05, 0) is 106 Å². The molecule has 2 heteroatoms. The van der Waals surface area contributed by atoms with E-state index in [1.165, 1.54) is 57.8 Å². The van der Waals surface area contributed by atoms with Gasteiger partial charge in [0, 0.05) is 5.41 Å². The van der Waals surface area contributed by atoms with Crippen molar-refractivity contribution >= 4 is 0 Å². The maximum atomic E-state index is 10.2. The molecule has 6 aliphatic rings. The SMILES string of the molecule is C[C@]12CC[C@@H](O)C[C@@H]1CC[C@H]1[C@@H]3CC[C@@H]4CC[C@H]5OC5C43CC[C@@H]12. The van der Waals surface area contributed by atoms with Gasteiger partial charge in [-0.15, -0.1) is 0 Å². The van der Waals surface area contributed by atoms with Crippen molar-refractivity contribution in [3.63, 3.8) is 0 Å². The Balaban J connectivity index is 1.34. The Morgan fingerprint density at radius 2 is 1.67 bits per heavy atom. The molecule has 24 heavy (non-hydrogen) atoms. The number of hydrogen-bond acceptors (Lipinski definition) is 2. The smallest absolute Gasteiger partial charge is 0.0903 e. The molecule has 0 radical (unpaired) electrons. The fourth-order valence-electron chi connectivity index (χ4n) is 9.27. The van der Waals surface area contributed by atoms with Crippen LogP contribution in [0.5, 0.6) is 0 Å². The van der Waals surface area contributed by atoms with E-state index in [2.05, 4.69) is 6.92 Å². The minimum Gasteiger partial charge on any atom is -0.393 e. The highest BCUT2D eigenvalue weighted by Crippen LogP contribution is 2.72. The lowest BCUT2D eigenvalue weighted by molar-refractivity contribution is -0.136. The lowest BCUT2D eigenvalue weighted by atomic mass is 9.43. The molecule has 1 N–H and O–H groups in total. The van der Waals surface area contributed by atoms with Gasteiger partial charge in [-0.3, -0.25) is 0 Å². The molecule has 0 aromatic carbocycles. The molecule has 1 aliphatic heterocycles. The predicted octanol–water partition coefficient (Wildman–Crippen LogP) is 4.55. The molecule has 5 aliphatic carbocycles. The second kappa shape index (κ2) is 4.80. The normalized spacial score (nSPS) is 64.2. The molecule has 5 saturated carbocycles. The molecular formula is C22H34O2. The van der Waals surface area contributed by atoms with Crippen LogP contribution in [0.1, 0.15) is 77.6 Å². The largest absolute Gasteiger partial charge is 0.393 e. The third kappa shape index (κ3) is 1.71. The second-order valence-electron chi connectivity index (χ2n) is 10.7. The van der Waals surface area contributed by atoms with Gasteiger partial charge in [-0.2, -0.15) is 0 Å².